The summed E-state index contributed by atoms with van der Waals surface area (Å²) in [4.78, 5) is 6.55. The van der Waals surface area contributed by atoms with Gasteiger partial charge in [-0.25, -0.2) is 9.38 Å². The molecular weight excluding hydrogens is 418 g/mol. The summed E-state index contributed by atoms with van der Waals surface area (Å²) in [7, 11) is 3.87. The molecule has 0 aliphatic carbocycles. The quantitative estimate of drug-likeness (QED) is 0.361. The number of benzene rings is 1. The summed E-state index contributed by atoms with van der Waals surface area (Å²) in [5, 5.41) is 6.58. The first kappa shape index (κ1) is 23.1. The summed E-state index contributed by atoms with van der Waals surface area (Å²) in [6.45, 7) is 9.31. The molecule has 0 saturated carbocycles. The number of hydrogen-bond acceptors (Lipinski definition) is 2. The predicted molar refractivity (Wildman–Crippen MR) is 111 cm³/mol. The molecule has 0 radical (unpaired) electrons. The van der Waals surface area contributed by atoms with Crippen LogP contribution in [0.3, 0.4) is 0 Å². The van der Waals surface area contributed by atoms with Crippen molar-refractivity contribution in [3.8, 4) is 0 Å². The van der Waals surface area contributed by atoms with Gasteiger partial charge in [0.05, 0.1) is 6.54 Å². The Morgan fingerprint density at radius 3 is 2.54 bits per heavy atom. The van der Waals surface area contributed by atoms with Crippen molar-refractivity contribution in [2.75, 3.05) is 27.2 Å². The van der Waals surface area contributed by atoms with E-state index in [0.29, 0.717) is 24.6 Å². The zero-order chi connectivity index (χ0) is 17.2. The lowest BCUT2D eigenvalue weighted by Gasteiger charge is -2.13. The summed E-state index contributed by atoms with van der Waals surface area (Å²) in [6, 6.07) is 5.23. The fourth-order valence-electron chi connectivity index (χ4n) is 2.18. The van der Waals surface area contributed by atoms with Gasteiger partial charge in [0, 0.05) is 25.2 Å². The van der Waals surface area contributed by atoms with Crippen LogP contribution in [-0.4, -0.2) is 38.0 Å². The van der Waals surface area contributed by atoms with Gasteiger partial charge in [-0.3, -0.25) is 0 Å². The van der Waals surface area contributed by atoms with Crippen LogP contribution in [0.15, 0.2) is 23.2 Å². The first-order chi connectivity index (χ1) is 10.9. The summed E-state index contributed by atoms with van der Waals surface area (Å²) in [5.41, 5.74) is 1.73. The molecule has 1 aromatic rings. The number of halogens is 2. The fourth-order valence-corrected chi connectivity index (χ4v) is 2.18. The van der Waals surface area contributed by atoms with Crippen LogP contribution in [0.2, 0.25) is 0 Å². The van der Waals surface area contributed by atoms with Crippen molar-refractivity contribution >= 4 is 29.9 Å². The predicted octanol–water partition coefficient (Wildman–Crippen LogP) is 3.61. The Balaban J connectivity index is 0.00000529. The Hall–Kier alpha value is -0.890. The van der Waals surface area contributed by atoms with E-state index in [4.69, 9.17) is 0 Å². The third kappa shape index (κ3) is 9.42. The van der Waals surface area contributed by atoms with Gasteiger partial charge in [-0.05, 0) is 51.1 Å². The third-order valence-corrected chi connectivity index (χ3v) is 3.37. The SMILES string of the molecule is CCNC(=NCc1ccc(F)c(CN(C)C)c1)NCCC(C)C.I. The smallest absolute Gasteiger partial charge is 0.191 e. The first-order valence-electron chi connectivity index (χ1n) is 8.36. The van der Waals surface area contributed by atoms with Crippen molar-refractivity contribution in [3.05, 3.63) is 35.1 Å². The summed E-state index contributed by atoms with van der Waals surface area (Å²) in [5.74, 6) is 1.32. The molecule has 1 aromatic carbocycles. The number of hydrogen-bond donors (Lipinski definition) is 2. The average Bonchev–Trinajstić information content (AvgIpc) is 2.47. The van der Waals surface area contributed by atoms with Gasteiger partial charge in [-0.2, -0.15) is 0 Å². The molecule has 0 bridgehead atoms. The van der Waals surface area contributed by atoms with Gasteiger partial charge < -0.3 is 15.5 Å². The average molecular weight is 450 g/mol. The molecule has 0 aliphatic heterocycles. The number of guanidine groups is 1. The largest absolute Gasteiger partial charge is 0.357 e. The van der Waals surface area contributed by atoms with E-state index >= 15 is 0 Å². The minimum absolute atomic E-state index is 0. The van der Waals surface area contributed by atoms with Crippen LogP contribution in [-0.2, 0) is 13.1 Å². The summed E-state index contributed by atoms with van der Waals surface area (Å²) < 4.78 is 13.8. The molecule has 24 heavy (non-hydrogen) atoms. The third-order valence-electron chi connectivity index (χ3n) is 3.37. The Kier molecular flexibility index (Phi) is 12.0. The number of aliphatic imine (C=N–C) groups is 1. The molecule has 1 rings (SSSR count). The molecule has 0 saturated heterocycles. The zero-order valence-corrected chi connectivity index (χ0v) is 17.9. The van der Waals surface area contributed by atoms with Crippen LogP contribution >= 0.6 is 24.0 Å². The highest BCUT2D eigenvalue weighted by Gasteiger charge is 2.05. The molecule has 0 aliphatic rings. The van der Waals surface area contributed by atoms with E-state index in [2.05, 4.69) is 29.5 Å². The molecule has 0 amide bonds. The van der Waals surface area contributed by atoms with E-state index in [1.54, 1.807) is 6.07 Å². The van der Waals surface area contributed by atoms with Crippen molar-refractivity contribution < 1.29 is 4.39 Å². The lowest BCUT2D eigenvalue weighted by Crippen LogP contribution is -2.38. The van der Waals surface area contributed by atoms with Crippen LogP contribution in [0.25, 0.3) is 0 Å². The molecule has 0 aromatic heterocycles. The normalized spacial score (nSPS) is 11.6. The van der Waals surface area contributed by atoms with Crippen LogP contribution in [0.4, 0.5) is 4.39 Å². The highest BCUT2D eigenvalue weighted by molar-refractivity contribution is 14.0. The minimum atomic E-state index is -0.159. The van der Waals surface area contributed by atoms with Gasteiger partial charge >= 0.3 is 0 Å². The van der Waals surface area contributed by atoms with E-state index in [1.807, 2.05) is 32.0 Å². The van der Waals surface area contributed by atoms with Crippen LogP contribution < -0.4 is 10.6 Å². The summed E-state index contributed by atoms with van der Waals surface area (Å²) in [6.07, 6.45) is 1.11. The fraction of sp³-hybridized carbons (Fsp3) is 0.611. The summed E-state index contributed by atoms with van der Waals surface area (Å²) >= 11 is 0. The lowest BCUT2D eigenvalue weighted by atomic mass is 10.1. The van der Waals surface area contributed by atoms with Crippen molar-refractivity contribution in [1.82, 2.24) is 15.5 Å². The van der Waals surface area contributed by atoms with Crippen LogP contribution in [0, 0.1) is 11.7 Å². The van der Waals surface area contributed by atoms with Crippen molar-refractivity contribution in [1.29, 1.82) is 0 Å². The minimum Gasteiger partial charge on any atom is -0.357 e. The molecule has 0 heterocycles. The maximum atomic E-state index is 13.8. The monoisotopic (exact) mass is 450 g/mol. The van der Waals surface area contributed by atoms with Gasteiger partial charge in [-0.15, -0.1) is 24.0 Å². The van der Waals surface area contributed by atoms with Crippen LogP contribution in [0.5, 0.6) is 0 Å². The van der Waals surface area contributed by atoms with Gasteiger partial charge in [0.15, 0.2) is 5.96 Å². The molecule has 138 valence electrons. The van der Waals surface area contributed by atoms with E-state index in [-0.39, 0.29) is 29.8 Å². The molecule has 0 unspecified atom stereocenters. The van der Waals surface area contributed by atoms with Gasteiger partial charge in [0.25, 0.3) is 0 Å². The van der Waals surface area contributed by atoms with Gasteiger partial charge in [-0.1, -0.05) is 19.9 Å². The maximum absolute atomic E-state index is 13.8. The standard InChI is InChI=1S/C18H31FN4.HI/c1-6-20-18(21-10-9-14(2)3)22-12-15-7-8-17(19)16(11-15)13-23(4)5;/h7-8,11,14H,6,9-10,12-13H2,1-5H3,(H2,20,21,22);1H. The zero-order valence-electron chi connectivity index (χ0n) is 15.5. The number of rotatable bonds is 8. The molecule has 0 fully saturated rings. The highest BCUT2D eigenvalue weighted by atomic mass is 127. The number of nitrogens with zero attached hydrogens (tertiary/aromatic N) is 2. The lowest BCUT2D eigenvalue weighted by molar-refractivity contribution is 0.392. The molecule has 6 heteroatoms. The second-order valence-electron chi connectivity index (χ2n) is 6.47. The molecule has 4 nitrogen and oxygen atoms in total. The van der Waals surface area contributed by atoms with Crippen molar-refractivity contribution in [3.63, 3.8) is 0 Å². The topological polar surface area (TPSA) is 39.7 Å². The van der Waals surface area contributed by atoms with E-state index in [0.717, 1.165) is 31.0 Å². The van der Waals surface area contributed by atoms with Crippen molar-refractivity contribution in [2.24, 2.45) is 10.9 Å². The number of nitrogens with one attached hydrogen (secondary N) is 2. The Morgan fingerprint density at radius 2 is 1.96 bits per heavy atom. The second kappa shape index (κ2) is 12.5. The van der Waals surface area contributed by atoms with Gasteiger partial charge in [0.2, 0.25) is 0 Å². The van der Waals surface area contributed by atoms with E-state index in [9.17, 15) is 4.39 Å². The van der Waals surface area contributed by atoms with E-state index in [1.165, 1.54) is 6.07 Å². The van der Waals surface area contributed by atoms with E-state index < -0.39 is 0 Å². The molecular formula is C18H32FIN4. The molecule has 0 atom stereocenters. The Morgan fingerprint density at radius 1 is 1.25 bits per heavy atom. The Bertz CT molecular complexity index is 504. The van der Waals surface area contributed by atoms with Gasteiger partial charge in [0.1, 0.15) is 5.82 Å². The molecule has 2 N–H and O–H groups in total. The maximum Gasteiger partial charge on any atom is 0.191 e. The highest BCUT2D eigenvalue weighted by Crippen LogP contribution is 2.13. The first-order valence-corrected chi connectivity index (χ1v) is 8.36. The van der Waals surface area contributed by atoms with Crippen LogP contribution in [0.1, 0.15) is 38.3 Å². The Labute approximate surface area is 163 Å². The molecule has 0 spiro atoms. The second-order valence-corrected chi connectivity index (χ2v) is 6.47. The van der Waals surface area contributed by atoms with Crippen molar-refractivity contribution in [2.45, 2.75) is 40.3 Å².